The SMILES string of the molecule is O=C(OCc1cccc(C(F)(F)F)c1)[C@H](c1ccccc1)C(O)c1cccnc1. The molecule has 3 aromatic rings. The molecule has 0 aliphatic heterocycles. The number of halogens is 3. The number of esters is 1. The van der Waals surface area contributed by atoms with Crippen LogP contribution in [0, 0.1) is 0 Å². The Bertz CT molecular complexity index is 946. The lowest BCUT2D eigenvalue weighted by molar-refractivity contribution is -0.149. The third-order valence-corrected chi connectivity index (χ3v) is 4.39. The lowest BCUT2D eigenvalue weighted by Crippen LogP contribution is -2.23. The number of hydrogen-bond acceptors (Lipinski definition) is 4. The highest BCUT2D eigenvalue weighted by Gasteiger charge is 2.32. The number of rotatable bonds is 6. The van der Waals surface area contributed by atoms with Gasteiger partial charge in [-0.15, -0.1) is 0 Å². The first-order valence-corrected chi connectivity index (χ1v) is 8.82. The van der Waals surface area contributed by atoms with Crippen LogP contribution < -0.4 is 0 Å². The van der Waals surface area contributed by atoms with Crippen molar-refractivity contribution in [3.05, 3.63) is 101 Å². The molecule has 1 N–H and O–H groups in total. The molecular weight excluding hydrogens is 383 g/mol. The number of nitrogens with zero attached hydrogens (tertiary/aromatic N) is 1. The Balaban J connectivity index is 1.81. The largest absolute Gasteiger partial charge is 0.460 e. The van der Waals surface area contributed by atoms with Crippen LogP contribution in [-0.2, 0) is 22.3 Å². The molecule has 2 atom stereocenters. The van der Waals surface area contributed by atoms with Crippen LogP contribution in [0.15, 0.2) is 79.1 Å². The third kappa shape index (κ3) is 5.20. The van der Waals surface area contributed by atoms with Crippen LogP contribution in [0.5, 0.6) is 0 Å². The van der Waals surface area contributed by atoms with Gasteiger partial charge in [-0.1, -0.05) is 48.5 Å². The van der Waals surface area contributed by atoms with Gasteiger partial charge in [0.1, 0.15) is 12.5 Å². The normalized spacial score (nSPS) is 13.5. The highest BCUT2D eigenvalue weighted by molar-refractivity contribution is 5.79. The molecule has 1 heterocycles. The number of pyridine rings is 1. The second-order valence-electron chi connectivity index (χ2n) is 6.43. The number of benzene rings is 2. The Labute approximate surface area is 165 Å². The summed E-state index contributed by atoms with van der Waals surface area (Å²) < 4.78 is 43.9. The summed E-state index contributed by atoms with van der Waals surface area (Å²) in [7, 11) is 0. The lowest BCUT2D eigenvalue weighted by Gasteiger charge is -2.22. The fourth-order valence-corrected chi connectivity index (χ4v) is 2.93. The number of aliphatic hydroxyl groups excluding tert-OH is 1. The Morgan fingerprint density at radius 1 is 1.00 bits per heavy atom. The van der Waals surface area contributed by atoms with Gasteiger partial charge in [-0.05, 0) is 29.3 Å². The second-order valence-corrected chi connectivity index (χ2v) is 6.43. The monoisotopic (exact) mass is 401 g/mol. The molecule has 0 spiro atoms. The van der Waals surface area contributed by atoms with Crippen molar-refractivity contribution in [2.45, 2.75) is 24.8 Å². The molecule has 0 aliphatic carbocycles. The van der Waals surface area contributed by atoms with E-state index in [-0.39, 0.29) is 12.2 Å². The van der Waals surface area contributed by atoms with E-state index < -0.39 is 29.7 Å². The number of ether oxygens (including phenoxy) is 1. The fourth-order valence-electron chi connectivity index (χ4n) is 2.93. The number of aliphatic hydroxyl groups is 1. The fraction of sp³-hybridized carbons (Fsp3) is 0.182. The highest BCUT2D eigenvalue weighted by Crippen LogP contribution is 2.33. The van der Waals surface area contributed by atoms with E-state index >= 15 is 0 Å². The first kappa shape index (κ1) is 20.5. The summed E-state index contributed by atoms with van der Waals surface area (Å²) in [4.78, 5) is 16.7. The Kier molecular flexibility index (Phi) is 6.29. The zero-order valence-electron chi connectivity index (χ0n) is 15.2. The van der Waals surface area contributed by atoms with Crippen molar-refractivity contribution in [1.29, 1.82) is 0 Å². The molecule has 0 fully saturated rings. The standard InChI is InChI=1S/C22H18F3NO3/c23-22(24,25)18-10-4-6-15(12-18)14-29-21(28)19(16-7-2-1-3-8-16)20(27)17-9-5-11-26-13-17/h1-13,19-20,27H,14H2/t19-,20?/m1/s1. The van der Waals surface area contributed by atoms with Gasteiger partial charge in [0.25, 0.3) is 0 Å². The van der Waals surface area contributed by atoms with Crippen molar-refractivity contribution in [1.82, 2.24) is 4.98 Å². The number of aromatic nitrogens is 1. The molecule has 0 aliphatic rings. The first-order valence-electron chi connectivity index (χ1n) is 8.82. The summed E-state index contributed by atoms with van der Waals surface area (Å²) in [5.41, 5.74) is 0.340. The molecule has 1 aromatic heterocycles. The molecule has 4 nitrogen and oxygen atoms in total. The quantitative estimate of drug-likeness (QED) is 0.611. The minimum atomic E-state index is -4.48. The number of hydrogen-bond donors (Lipinski definition) is 1. The van der Waals surface area contributed by atoms with E-state index in [1.807, 2.05) is 0 Å². The van der Waals surface area contributed by atoms with Crippen LogP contribution >= 0.6 is 0 Å². The van der Waals surface area contributed by atoms with Crippen molar-refractivity contribution in [2.75, 3.05) is 0 Å². The van der Waals surface area contributed by atoms with E-state index in [1.54, 1.807) is 48.7 Å². The van der Waals surface area contributed by atoms with Crippen LogP contribution in [0.3, 0.4) is 0 Å². The summed E-state index contributed by atoms with van der Waals surface area (Å²) >= 11 is 0. The van der Waals surface area contributed by atoms with E-state index in [9.17, 15) is 23.1 Å². The Hall–Kier alpha value is -3.19. The van der Waals surface area contributed by atoms with Gasteiger partial charge in [-0.25, -0.2) is 0 Å². The van der Waals surface area contributed by atoms with Crippen LogP contribution in [0.1, 0.15) is 34.3 Å². The molecule has 3 rings (SSSR count). The van der Waals surface area contributed by atoms with Gasteiger partial charge < -0.3 is 9.84 Å². The van der Waals surface area contributed by atoms with Crippen molar-refractivity contribution in [2.24, 2.45) is 0 Å². The molecule has 150 valence electrons. The van der Waals surface area contributed by atoms with Crippen LogP contribution in [0.4, 0.5) is 13.2 Å². The van der Waals surface area contributed by atoms with Gasteiger partial charge in [0.2, 0.25) is 0 Å². The minimum absolute atomic E-state index is 0.204. The van der Waals surface area contributed by atoms with Crippen molar-refractivity contribution in [3.63, 3.8) is 0 Å². The van der Waals surface area contributed by atoms with Crippen molar-refractivity contribution in [3.8, 4) is 0 Å². The summed E-state index contributed by atoms with van der Waals surface area (Å²) in [6, 6.07) is 16.4. The predicted octanol–water partition coefficient (Wildman–Crippen LogP) is 4.66. The summed E-state index contributed by atoms with van der Waals surface area (Å²) in [6.07, 6.45) is -2.72. The van der Waals surface area contributed by atoms with Crippen molar-refractivity contribution < 1.29 is 27.8 Å². The highest BCUT2D eigenvalue weighted by atomic mass is 19.4. The molecule has 0 amide bonds. The van der Waals surface area contributed by atoms with Crippen LogP contribution in [0.2, 0.25) is 0 Å². The molecule has 1 unspecified atom stereocenters. The number of carbonyl (C=O) groups excluding carboxylic acids is 1. The van der Waals surface area contributed by atoms with E-state index in [0.29, 0.717) is 11.1 Å². The van der Waals surface area contributed by atoms with Gasteiger partial charge >= 0.3 is 12.1 Å². The van der Waals surface area contributed by atoms with Crippen LogP contribution in [0.25, 0.3) is 0 Å². The Morgan fingerprint density at radius 2 is 1.72 bits per heavy atom. The first-order chi connectivity index (χ1) is 13.9. The number of alkyl halides is 3. The molecule has 0 saturated heterocycles. The van der Waals surface area contributed by atoms with Gasteiger partial charge in [-0.3, -0.25) is 9.78 Å². The Morgan fingerprint density at radius 3 is 2.38 bits per heavy atom. The zero-order chi connectivity index (χ0) is 20.9. The summed E-state index contributed by atoms with van der Waals surface area (Å²) in [6.45, 7) is -0.341. The van der Waals surface area contributed by atoms with Gasteiger partial charge in [0, 0.05) is 18.0 Å². The molecule has 0 saturated carbocycles. The number of carbonyl (C=O) groups is 1. The van der Waals surface area contributed by atoms with Gasteiger partial charge in [0.15, 0.2) is 0 Å². The average molecular weight is 401 g/mol. The lowest BCUT2D eigenvalue weighted by atomic mass is 9.90. The molecule has 29 heavy (non-hydrogen) atoms. The topological polar surface area (TPSA) is 59.4 Å². The van der Waals surface area contributed by atoms with Crippen molar-refractivity contribution >= 4 is 5.97 Å². The van der Waals surface area contributed by atoms with E-state index in [4.69, 9.17) is 4.74 Å². The maximum absolute atomic E-state index is 12.9. The molecule has 0 bridgehead atoms. The summed E-state index contributed by atoms with van der Waals surface area (Å²) in [5.74, 6) is -1.80. The second kappa shape index (κ2) is 8.87. The van der Waals surface area contributed by atoms with Crippen LogP contribution in [-0.4, -0.2) is 16.1 Å². The minimum Gasteiger partial charge on any atom is -0.460 e. The van der Waals surface area contributed by atoms with E-state index in [1.165, 1.54) is 18.3 Å². The smallest absolute Gasteiger partial charge is 0.416 e. The maximum Gasteiger partial charge on any atom is 0.416 e. The maximum atomic E-state index is 12.9. The predicted molar refractivity (Wildman–Crippen MR) is 99.6 cm³/mol. The molecule has 0 radical (unpaired) electrons. The molecule has 7 heteroatoms. The zero-order valence-corrected chi connectivity index (χ0v) is 15.2. The summed E-state index contributed by atoms with van der Waals surface area (Å²) in [5, 5.41) is 10.8. The van der Waals surface area contributed by atoms with Gasteiger partial charge in [0.05, 0.1) is 11.7 Å². The average Bonchev–Trinajstić information content (AvgIpc) is 2.73. The molecular formula is C22H18F3NO3. The van der Waals surface area contributed by atoms with Gasteiger partial charge in [-0.2, -0.15) is 13.2 Å². The van der Waals surface area contributed by atoms with E-state index in [2.05, 4.69) is 4.98 Å². The van der Waals surface area contributed by atoms with E-state index in [0.717, 1.165) is 12.1 Å². The third-order valence-electron chi connectivity index (χ3n) is 4.39. The molecule has 2 aromatic carbocycles.